The Hall–Kier alpha value is -3.36. The van der Waals surface area contributed by atoms with E-state index in [0.29, 0.717) is 22.6 Å². The van der Waals surface area contributed by atoms with E-state index in [1.54, 1.807) is 13.0 Å². The molecule has 0 unspecified atom stereocenters. The van der Waals surface area contributed by atoms with Crippen molar-refractivity contribution in [2.24, 2.45) is 0 Å². The number of alkyl halides is 4. The number of H-pyrrole nitrogens is 1. The number of aryl methyl sites for hydroxylation is 1. The van der Waals surface area contributed by atoms with E-state index in [1.165, 1.54) is 43.3 Å². The Kier molecular flexibility index (Phi) is 6.09. The molecule has 2 heterocycles. The Balaban J connectivity index is 1.78. The number of nitrogens with zero attached hydrogens (tertiary/aromatic N) is 1. The molecule has 0 spiro atoms. The van der Waals surface area contributed by atoms with Crippen molar-refractivity contribution in [2.75, 3.05) is 5.32 Å². The Labute approximate surface area is 170 Å². The van der Waals surface area contributed by atoms with Crippen LogP contribution < -0.4 is 10.1 Å². The number of halogens is 4. The van der Waals surface area contributed by atoms with E-state index in [-0.39, 0.29) is 23.4 Å². The molecule has 0 radical (unpaired) electrons. The number of aromatic amines is 1. The van der Waals surface area contributed by atoms with Crippen molar-refractivity contribution < 1.29 is 27.1 Å². The SMILES string of the molecule is CCC(F)(F)c1cccc(NC(=O)c2cc(-c3ccc(OC(F)F)cn3)[nH]c2C)c1. The van der Waals surface area contributed by atoms with Crippen LogP contribution >= 0.6 is 0 Å². The minimum atomic E-state index is -2.98. The van der Waals surface area contributed by atoms with Gasteiger partial charge in [-0.3, -0.25) is 9.78 Å². The lowest BCUT2D eigenvalue weighted by molar-refractivity contribution is -0.0500. The Bertz CT molecular complexity index is 1030. The minimum absolute atomic E-state index is 0.0845. The third-order valence-corrected chi connectivity index (χ3v) is 4.48. The van der Waals surface area contributed by atoms with Crippen LogP contribution in [0.3, 0.4) is 0 Å². The maximum absolute atomic E-state index is 13.9. The number of aromatic nitrogens is 2. The summed E-state index contributed by atoms with van der Waals surface area (Å²) in [7, 11) is 0. The lowest BCUT2D eigenvalue weighted by Gasteiger charge is -2.15. The highest BCUT2D eigenvalue weighted by molar-refractivity contribution is 6.05. The molecule has 0 aliphatic rings. The summed E-state index contributed by atoms with van der Waals surface area (Å²) < 4.78 is 56.5. The zero-order chi connectivity index (χ0) is 21.9. The molecule has 3 rings (SSSR count). The van der Waals surface area contributed by atoms with Gasteiger partial charge in [0.25, 0.3) is 11.8 Å². The predicted octanol–water partition coefficient (Wildman–Crippen LogP) is 5.74. The molecular weight excluding hydrogens is 402 g/mol. The van der Waals surface area contributed by atoms with E-state index >= 15 is 0 Å². The largest absolute Gasteiger partial charge is 0.433 e. The summed E-state index contributed by atoms with van der Waals surface area (Å²) in [6, 6.07) is 9.89. The van der Waals surface area contributed by atoms with Crippen molar-refractivity contribution in [1.29, 1.82) is 0 Å². The highest BCUT2D eigenvalue weighted by Gasteiger charge is 2.29. The molecule has 158 valence electrons. The van der Waals surface area contributed by atoms with Crippen molar-refractivity contribution in [1.82, 2.24) is 9.97 Å². The van der Waals surface area contributed by atoms with Crippen LogP contribution in [0.15, 0.2) is 48.7 Å². The molecule has 2 N–H and O–H groups in total. The van der Waals surface area contributed by atoms with Gasteiger partial charge in [0, 0.05) is 23.4 Å². The number of carbonyl (C=O) groups is 1. The standard InChI is InChI=1S/C21H19F4N3O2/c1-3-21(24,25)13-5-4-6-14(9-13)28-19(29)16-10-18(27-12(16)2)17-8-7-15(11-26-17)30-20(22)23/h4-11,20,27H,3H2,1-2H3,(H,28,29). The fraction of sp³-hybridized carbons (Fsp3) is 0.238. The van der Waals surface area contributed by atoms with E-state index < -0.39 is 18.4 Å². The molecule has 9 heteroatoms. The Morgan fingerprint density at radius 3 is 2.63 bits per heavy atom. The highest BCUT2D eigenvalue weighted by Crippen LogP contribution is 2.32. The maximum Gasteiger partial charge on any atom is 0.387 e. The Morgan fingerprint density at radius 1 is 1.23 bits per heavy atom. The van der Waals surface area contributed by atoms with E-state index in [0.717, 1.165) is 6.20 Å². The van der Waals surface area contributed by atoms with Gasteiger partial charge in [0.15, 0.2) is 0 Å². The molecule has 0 bridgehead atoms. The lowest BCUT2D eigenvalue weighted by atomic mass is 10.1. The number of carbonyl (C=O) groups excluding carboxylic acids is 1. The average Bonchev–Trinajstić information content (AvgIpc) is 3.10. The first kappa shape index (κ1) is 21.4. The molecule has 5 nitrogen and oxygen atoms in total. The van der Waals surface area contributed by atoms with Crippen LogP contribution in [-0.2, 0) is 5.92 Å². The van der Waals surface area contributed by atoms with Gasteiger partial charge in [0.2, 0.25) is 0 Å². The first-order valence-electron chi connectivity index (χ1n) is 9.10. The fourth-order valence-corrected chi connectivity index (χ4v) is 2.87. The van der Waals surface area contributed by atoms with Crippen LogP contribution in [0.2, 0.25) is 0 Å². The number of anilines is 1. The van der Waals surface area contributed by atoms with Crippen molar-refractivity contribution in [2.45, 2.75) is 32.8 Å². The zero-order valence-corrected chi connectivity index (χ0v) is 16.2. The smallest absolute Gasteiger partial charge is 0.387 e. The first-order chi connectivity index (χ1) is 14.2. The molecule has 0 aliphatic carbocycles. The van der Waals surface area contributed by atoms with Crippen LogP contribution in [0, 0.1) is 6.92 Å². The van der Waals surface area contributed by atoms with E-state index in [1.807, 2.05) is 0 Å². The number of nitrogens with one attached hydrogen (secondary N) is 2. The van der Waals surface area contributed by atoms with Gasteiger partial charge in [-0.2, -0.15) is 8.78 Å². The summed E-state index contributed by atoms with van der Waals surface area (Å²) in [6.45, 7) is 0.112. The maximum atomic E-state index is 13.9. The van der Waals surface area contributed by atoms with Gasteiger partial charge in [-0.1, -0.05) is 19.1 Å². The minimum Gasteiger partial charge on any atom is -0.433 e. The molecule has 0 saturated carbocycles. The second kappa shape index (κ2) is 8.56. The normalized spacial score (nSPS) is 11.6. The number of ether oxygens (including phenoxy) is 1. The van der Waals surface area contributed by atoms with Gasteiger partial charge in [-0.15, -0.1) is 0 Å². The summed E-state index contributed by atoms with van der Waals surface area (Å²) in [4.78, 5) is 19.7. The predicted molar refractivity (Wildman–Crippen MR) is 104 cm³/mol. The van der Waals surface area contributed by atoms with Gasteiger partial charge < -0.3 is 15.0 Å². The van der Waals surface area contributed by atoms with Crippen LogP contribution in [0.25, 0.3) is 11.4 Å². The topological polar surface area (TPSA) is 67.0 Å². The van der Waals surface area contributed by atoms with Crippen molar-refractivity contribution in [3.05, 3.63) is 65.5 Å². The molecule has 1 amide bonds. The van der Waals surface area contributed by atoms with E-state index in [9.17, 15) is 22.4 Å². The van der Waals surface area contributed by atoms with Gasteiger partial charge in [0.1, 0.15) is 5.75 Å². The molecule has 2 aromatic heterocycles. The lowest BCUT2D eigenvalue weighted by Crippen LogP contribution is -2.15. The molecule has 0 saturated heterocycles. The summed E-state index contributed by atoms with van der Waals surface area (Å²) in [5.74, 6) is -3.55. The van der Waals surface area contributed by atoms with Crippen LogP contribution in [0.1, 0.15) is 35.0 Å². The van der Waals surface area contributed by atoms with Gasteiger partial charge in [0.05, 0.1) is 23.1 Å². The van der Waals surface area contributed by atoms with Gasteiger partial charge in [-0.05, 0) is 37.3 Å². The molecule has 3 aromatic rings. The van der Waals surface area contributed by atoms with Crippen LogP contribution in [-0.4, -0.2) is 22.5 Å². The number of pyridine rings is 1. The molecular formula is C21H19F4N3O2. The number of rotatable bonds is 7. The third kappa shape index (κ3) is 4.79. The molecule has 0 fully saturated rings. The zero-order valence-electron chi connectivity index (χ0n) is 16.2. The molecule has 30 heavy (non-hydrogen) atoms. The summed E-state index contributed by atoms with van der Waals surface area (Å²) >= 11 is 0. The van der Waals surface area contributed by atoms with Crippen molar-refractivity contribution in [3.8, 4) is 17.1 Å². The summed E-state index contributed by atoms with van der Waals surface area (Å²) in [6.07, 6.45) is 0.801. The van der Waals surface area contributed by atoms with Crippen LogP contribution in [0.4, 0.5) is 23.2 Å². The monoisotopic (exact) mass is 421 g/mol. The van der Waals surface area contributed by atoms with Gasteiger partial charge >= 0.3 is 6.61 Å². The number of benzene rings is 1. The number of hydrogen-bond acceptors (Lipinski definition) is 3. The molecule has 0 aliphatic heterocycles. The van der Waals surface area contributed by atoms with Gasteiger partial charge in [-0.25, -0.2) is 8.78 Å². The summed E-state index contributed by atoms with van der Waals surface area (Å²) in [5, 5.41) is 2.62. The second-order valence-corrected chi connectivity index (χ2v) is 6.57. The molecule has 1 aromatic carbocycles. The van der Waals surface area contributed by atoms with Crippen molar-refractivity contribution in [3.63, 3.8) is 0 Å². The number of amides is 1. The quantitative estimate of drug-likeness (QED) is 0.478. The van der Waals surface area contributed by atoms with E-state index in [4.69, 9.17) is 0 Å². The Morgan fingerprint density at radius 2 is 2.00 bits per heavy atom. The summed E-state index contributed by atoms with van der Waals surface area (Å²) in [5.41, 5.74) is 1.82. The highest BCUT2D eigenvalue weighted by atomic mass is 19.3. The van der Waals surface area contributed by atoms with E-state index in [2.05, 4.69) is 20.0 Å². The van der Waals surface area contributed by atoms with Crippen LogP contribution in [0.5, 0.6) is 5.75 Å². The second-order valence-electron chi connectivity index (χ2n) is 6.57. The first-order valence-corrected chi connectivity index (χ1v) is 9.10. The molecule has 0 atom stereocenters. The fourth-order valence-electron chi connectivity index (χ4n) is 2.87. The average molecular weight is 421 g/mol. The number of hydrogen-bond donors (Lipinski definition) is 2. The van der Waals surface area contributed by atoms with Crippen molar-refractivity contribution >= 4 is 11.6 Å². The third-order valence-electron chi connectivity index (χ3n) is 4.48.